The van der Waals surface area contributed by atoms with Crippen molar-refractivity contribution >= 4 is 71.5 Å². The summed E-state index contributed by atoms with van der Waals surface area (Å²) in [7, 11) is 0. The number of carboxylic acids is 1. The maximum absolute atomic E-state index is 13.5. The summed E-state index contributed by atoms with van der Waals surface area (Å²) in [6.07, 6.45) is 3.57. The van der Waals surface area contributed by atoms with E-state index in [0.717, 1.165) is 55.6 Å². The second kappa shape index (κ2) is 10.7. The molecule has 3 unspecified atom stereocenters. The van der Waals surface area contributed by atoms with Crippen molar-refractivity contribution in [3.8, 4) is 0 Å². The second-order valence-corrected chi connectivity index (χ2v) is 11.5. The van der Waals surface area contributed by atoms with Crippen LogP contribution in [0.4, 0.5) is 0 Å². The minimum atomic E-state index is -1.09. The van der Waals surface area contributed by atoms with E-state index in [0.29, 0.717) is 5.75 Å². The lowest BCUT2D eigenvalue weighted by molar-refractivity contribution is -0.142. The molecule has 0 fully saturated rings. The molecule has 0 bridgehead atoms. The number of benzene rings is 2. The number of nitrogens with one attached hydrogen (secondary N) is 2. The van der Waals surface area contributed by atoms with Crippen molar-refractivity contribution in [1.82, 2.24) is 10.3 Å². The Bertz CT molecular complexity index is 1260. The molecule has 178 valence electrons. The molecule has 1 heterocycles. The highest BCUT2D eigenvalue weighted by Crippen LogP contribution is 2.41. The first kappa shape index (κ1) is 25.0. The van der Waals surface area contributed by atoms with Crippen LogP contribution in [-0.4, -0.2) is 38.9 Å². The number of H-pyrrole nitrogens is 1. The van der Waals surface area contributed by atoms with Crippen LogP contribution < -0.4 is 5.32 Å². The number of hydrogen-bond donors (Lipinski definition) is 3. The normalized spacial score (nSPS) is 16.7. The highest BCUT2D eigenvalue weighted by molar-refractivity contribution is 9.10. The van der Waals surface area contributed by atoms with E-state index in [1.54, 1.807) is 6.20 Å². The lowest BCUT2D eigenvalue weighted by Crippen LogP contribution is -2.46. The summed E-state index contributed by atoms with van der Waals surface area (Å²) >= 11 is 8.07. The number of fused-ring (bicyclic) bond motifs is 2. The summed E-state index contributed by atoms with van der Waals surface area (Å²) in [5.41, 5.74) is 4.00. The molecule has 3 N–H and O–H groups in total. The summed E-state index contributed by atoms with van der Waals surface area (Å²) in [6.45, 7) is 1.48. The standard InChI is InChI=1S/C25H24Br2N2O4S/c1-13(30)34-12-21(19-5-2-14-8-16(26)3-6-18(14)19)24(31)29-23(25(32)33)9-15-11-28-22-7-4-17(27)10-20(15)22/h3-4,6-8,10-11,19,21,23,28H,2,5,9,12H2,1H3,(H,29,31)(H,32,33). The van der Waals surface area contributed by atoms with Crippen molar-refractivity contribution in [2.75, 3.05) is 5.75 Å². The molecule has 3 atom stereocenters. The number of aromatic amines is 1. The molecular weight excluding hydrogens is 584 g/mol. The van der Waals surface area contributed by atoms with Crippen molar-refractivity contribution in [3.63, 3.8) is 0 Å². The highest BCUT2D eigenvalue weighted by Gasteiger charge is 2.36. The minimum absolute atomic E-state index is 0.0616. The van der Waals surface area contributed by atoms with E-state index in [9.17, 15) is 19.5 Å². The largest absolute Gasteiger partial charge is 0.480 e. The Kier molecular flexibility index (Phi) is 7.84. The molecule has 1 aliphatic carbocycles. The maximum Gasteiger partial charge on any atom is 0.326 e. The molecule has 2 aromatic carbocycles. The van der Waals surface area contributed by atoms with Gasteiger partial charge in [-0.25, -0.2) is 4.79 Å². The maximum atomic E-state index is 13.5. The van der Waals surface area contributed by atoms with Crippen LogP contribution in [0.1, 0.15) is 36.0 Å². The number of rotatable bonds is 8. The zero-order valence-electron chi connectivity index (χ0n) is 18.4. The lowest BCUT2D eigenvalue weighted by Gasteiger charge is -2.25. The summed E-state index contributed by atoms with van der Waals surface area (Å²) in [5, 5.41) is 13.5. The van der Waals surface area contributed by atoms with Gasteiger partial charge in [-0.1, -0.05) is 49.7 Å². The third kappa shape index (κ3) is 5.58. The van der Waals surface area contributed by atoms with E-state index in [1.807, 2.05) is 30.3 Å². The Morgan fingerprint density at radius 2 is 1.91 bits per heavy atom. The average molecular weight is 608 g/mol. The van der Waals surface area contributed by atoms with Crippen LogP contribution in [0, 0.1) is 5.92 Å². The Labute approximate surface area is 218 Å². The fourth-order valence-corrected chi connectivity index (χ4v) is 6.20. The molecule has 9 heteroatoms. The zero-order chi connectivity index (χ0) is 24.4. The van der Waals surface area contributed by atoms with Crippen LogP contribution >= 0.6 is 43.6 Å². The Balaban J connectivity index is 1.57. The van der Waals surface area contributed by atoms with Gasteiger partial charge in [0.1, 0.15) is 6.04 Å². The van der Waals surface area contributed by atoms with E-state index in [4.69, 9.17) is 0 Å². The Morgan fingerprint density at radius 1 is 1.18 bits per heavy atom. The Morgan fingerprint density at radius 3 is 2.65 bits per heavy atom. The molecule has 1 aliphatic rings. The van der Waals surface area contributed by atoms with Crippen molar-refractivity contribution in [1.29, 1.82) is 0 Å². The molecule has 6 nitrogen and oxygen atoms in total. The van der Waals surface area contributed by atoms with Crippen LogP contribution in [0.5, 0.6) is 0 Å². The van der Waals surface area contributed by atoms with Crippen molar-refractivity contribution in [2.45, 2.75) is 38.1 Å². The third-order valence-corrected chi connectivity index (χ3v) is 8.20. The summed E-state index contributed by atoms with van der Waals surface area (Å²) in [5.74, 6) is -1.67. The Hall–Kier alpha value is -2.10. The highest BCUT2D eigenvalue weighted by atomic mass is 79.9. The van der Waals surface area contributed by atoms with E-state index < -0.39 is 17.9 Å². The number of carbonyl (C=O) groups is 3. The molecule has 4 rings (SSSR count). The molecule has 0 aliphatic heterocycles. The summed E-state index contributed by atoms with van der Waals surface area (Å²) in [4.78, 5) is 40.4. The molecule has 0 saturated carbocycles. The van der Waals surface area contributed by atoms with Crippen LogP contribution in [0.3, 0.4) is 0 Å². The molecule has 34 heavy (non-hydrogen) atoms. The molecule has 0 radical (unpaired) electrons. The number of hydrogen-bond acceptors (Lipinski definition) is 4. The van der Waals surface area contributed by atoms with Gasteiger partial charge in [-0.15, -0.1) is 0 Å². The van der Waals surface area contributed by atoms with Crippen molar-refractivity contribution in [3.05, 3.63) is 68.2 Å². The van der Waals surface area contributed by atoms with Crippen LogP contribution in [0.25, 0.3) is 10.9 Å². The number of carboxylic acid groups (broad SMARTS) is 1. The molecular formula is C25H24Br2N2O4S. The van der Waals surface area contributed by atoms with Gasteiger partial charge in [-0.05, 0) is 65.8 Å². The molecule has 0 spiro atoms. The lowest BCUT2D eigenvalue weighted by atomic mass is 9.87. The van der Waals surface area contributed by atoms with Gasteiger partial charge < -0.3 is 15.4 Å². The second-order valence-electron chi connectivity index (χ2n) is 8.50. The van der Waals surface area contributed by atoms with E-state index in [2.05, 4.69) is 48.2 Å². The smallest absolute Gasteiger partial charge is 0.326 e. The summed E-state index contributed by atoms with van der Waals surface area (Å²) < 4.78 is 1.88. The van der Waals surface area contributed by atoms with Gasteiger partial charge >= 0.3 is 5.97 Å². The van der Waals surface area contributed by atoms with Gasteiger partial charge in [0, 0.05) is 45.1 Å². The van der Waals surface area contributed by atoms with Gasteiger partial charge in [-0.2, -0.15) is 0 Å². The predicted octanol–water partition coefficient (Wildman–Crippen LogP) is 5.43. The average Bonchev–Trinajstić information content (AvgIpc) is 3.37. The third-order valence-electron chi connectivity index (χ3n) is 6.29. The predicted molar refractivity (Wildman–Crippen MR) is 141 cm³/mol. The van der Waals surface area contributed by atoms with Crippen LogP contribution in [-0.2, 0) is 27.2 Å². The van der Waals surface area contributed by atoms with E-state index >= 15 is 0 Å². The number of thioether (sulfide) groups is 1. The molecule has 3 aromatic rings. The number of halogens is 2. The van der Waals surface area contributed by atoms with Gasteiger partial charge in [0.05, 0.1) is 5.92 Å². The number of amides is 1. The topological polar surface area (TPSA) is 99.3 Å². The number of aliphatic carboxylic acids is 1. The first-order valence-corrected chi connectivity index (χ1v) is 13.5. The number of aryl methyl sites for hydroxylation is 1. The quantitative estimate of drug-likeness (QED) is 0.317. The molecule has 1 amide bonds. The van der Waals surface area contributed by atoms with Gasteiger partial charge in [-0.3, -0.25) is 9.59 Å². The van der Waals surface area contributed by atoms with Crippen molar-refractivity contribution in [2.24, 2.45) is 5.92 Å². The van der Waals surface area contributed by atoms with E-state index in [-0.39, 0.29) is 23.4 Å². The first-order chi connectivity index (χ1) is 16.2. The SMILES string of the molecule is CC(=O)SCC(C(=O)NC(Cc1c[nH]c2ccc(Br)cc12)C(=O)O)C1CCc2cc(Br)ccc21. The van der Waals surface area contributed by atoms with E-state index in [1.165, 1.54) is 12.5 Å². The van der Waals surface area contributed by atoms with Gasteiger partial charge in [0.2, 0.25) is 5.91 Å². The fourth-order valence-electron chi connectivity index (χ4n) is 4.64. The van der Waals surface area contributed by atoms with Gasteiger partial charge in [0.25, 0.3) is 0 Å². The van der Waals surface area contributed by atoms with Crippen LogP contribution in [0.15, 0.2) is 51.5 Å². The molecule has 0 saturated heterocycles. The van der Waals surface area contributed by atoms with Crippen LogP contribution in [0.2, 0.25) is 0 Å². The minimum Gasteiger partial charge on any atom is -0.480 e. The number of aromatic nitrogens is 1. The van der Waals surface area contributed by atoms with Gasteiger partial charge in [0.15, 0.2) is 5.12 Å². The zero-order valence-corrected chi connectivity index (χ0v) is 22.4. The monoisotopic (exact) mass is 606 g/mol. The summed E-state index contributed by atoms with van der Waals surface area (Å²) in [6, 6.07) is 10.7. The fraction of sp³-hybridized carbons (Fsp3) is 0.320. The first-order valence-electron chi connectivity index (χ1n) is 10.9. The number of carbonyl (C=O) groups excluding carboxylic acids is 2. The molecule has 1 aromatic heterocycles. The van der Waals surface area contributed by atoms with Crippen molar-refractivity contribution < 1.29 is 19.5 Å².